The zero-order chi connectivity index (χ0) is 10.6. The molecule has 2 heteroatoms. The summed E-state index contributed by atoms with van der Waals surface area (Å²) < 4.78 is 0. The quantitative estimate of drug-likeness (QED) is 0.715. The molecule has 14 heavy (non-hydrogen) atoms. The Morgan fingerprint density at radius 2 is 2.00 bits per heavy atom. The van der Waals surface area contributed by atoms with E-state index in [4.69, 9.17) is 5.11 Å². The number of para-hydroxylation sites is 1. The molecule has 0 bridgehead atoms. The minimum absolute atomic E-state index is 0.0667. The molecule has 0 amide bonds. The van der Waals surface area contributed by atoms with Crippen LogP contribution in [0.1, 0.15) is 11.1 Å². The Balaban J connectivity index is 2.89. The highest BCUT2D eigenvalue weighted by Gasteiger charge is 2.06. The third-order valence-electron chi connectivity index (χ3n) is 2.29. The lowest BCUT2D eigenvalue weighted by molar-refractivity contribution is 0.291. The molecule has 1 rings (SSSR count). The zero-order valence-corrected chi connectivity index (χ0v) is 8.75. The highest BCUT2D eigenvalue weighted by Crippen LogP contribution is 2.20. The van der Waals surface area contributed by atoms with Gasteiger partial charge in [0.1, 0.15) is 0 Å². The van der Waals surface area contributed by atoms with E-state index in [1.165, 1.54) is 11.1 Å². The first-order valence-electron chi connectivity index (χ1n) is 4.75. The summed E-state index contributed by atoms with van der Waals surface area (Å²) in [5.74, 6) is 0. The van der Waals surface area contributed by atoms with Gasteiger partial charge in [0, 0.05) is 5.69 Å². The van der Waals surface area contributed by atoms with Gasteiger partial charge in [0.05, 0.1) is 12.6 Å². The van der Waals surface area contributed by atoms with E-state index in [0.29, 0.717) is 0 Å². The van der Waals surface area contributed by atoms with Gasteiger partial charge in [0.15, 0.2) is 0 Å². The molecule has 0 aromatic heterocycles. The molecule has 2 nitrogen and oxygen atoms in total. The zero-order valence-electron chi connectivity index (χ0n) is 8.75. The van der Waals surface area contributed by atoms with E-state index < -0.39 is 0 Å². The molecular formula is C12H17NO. The molecular weight excluding hydrogens is 174 g/mol. The average molecular weight is 191 g/mol. The summed E-state index contributed by atoms with van der Waals surface area (Å²) in [6, 6.07) is 6.05. The minimum atomic E-state index is -0.0743. The van der Waals surface area contributed by atoms with Crippen LogP contribution >= 0.6 is 0 Å². The highest BCUT2D eigenvalue weighted by molar-refractivity contribution is 5.57. The molecule has 2 N–H and O–H groups in total. The molecule has 1 atom stereocenters. The molecule has 0 aliphatic carbocycles. The molecule has 0 saturated heterocycles. The van der Waals surface area contributed by atoms with Crippen LogP contribution in [0.3, 0.4) is 0 Å². The van der Waals surface area contributed by atoms with E-state index in [2.05, 4.69) is 11.9 Å². The van der Waals surface area contributed by atoms with E-state index in [-0.39, 0.29) is 12.6 Å². The topological polar surface area (TPSA) is 32.3 Å². The highest BCUT2D eigenvalue weighted by atomic mass is 16.3. The second kappa shape index (κ2) is 4.82. The Morgan fingerprint density at radius 1 is 1.43 bits per heavy atom. The van der Waals surface area contributed by atoms with Crippen LogP contribution in [0.5, 0.6) is 0 Å². The largest absolute Gasteiger partial charge is 0.394 e. The number of nitrogens with one attached hydrogen (secondary N) is 1. The van der Waals surface area contributed by atoms with Crippen LogP contribution in [0.4, 0.5) is 5.69 Å². The van der Waals surface area contributed by atoms with Gasteiger partial charge in [-0.15, -0.1) is 6.58 Å². The molecule has 0 heterocycles. The van der Waals surface area contributed by atoms with E-state index in [0.717, 1.165) is 5.69 Å². The van der Waals surface area contributed by atoms with Gasteiger partial charge in [-0.25, -0.2) is 0 Å². The lowest BCUT2D eigenvalue weighted by Crippen LogP contribution is -2.21. The maximum absolute atomic E-state index is 9.04. The van der Waals surface area contributed by atoms with E-state index in [1.807, 2.05) is 32.0 Å². The van der Waals surface area contributed by atoms with Gasteiger partial charge in [-0.1, -0.05) is 24.3 Å². The number of hydrogen-bond donors (Lipinski definition) is 2. The van der Waals surface area contributed by atoms with Gasteiger partial charge in [0.25, 0.3) is 0 Å². The molecule has 0 aliphatic rings. The van der Waals surface area contributed by atoms with Gasteiger partial charge in [-0.05, 0) is 25.0 Å². The molecule has 1 aromatic carbocycles. The summed E-state index contributed by atoms with van der Waals surface area (Å²) >= 11 is 0. The predicted octanol–water partition coefficient (Wildman–Crippen LogP) is 2.26. The van der Waals surface area contributed by atoms with Crippen molar-refractivity contribution in [1.29, 1.82) is 0 Å². The molecule has 76 valence electrons. The van der Waals surface area contributed by atoms with Gasteiger partial charge in [-0.2, -0.15) is 0 Å². The fraction of sp³-hybridized carbons (Fsp3) is 0.333. The summed E-state index contributed by atoms with van der Waals surface area (Å²) in [6.07, 6.45) is 1.71. The predicted molar refractivity (Wildman–Crippen MR) is 60.6 cm³/mol. The Bertz CT molecular complexity index is 300. The first-order chi connectivity index (χ1) is 6.69. The fourth-order valence-corrected chi connectivity index (χ4v) is 1.41. The molecule has 0 fully saturated rings. The summed E-state index contributed by atoms with van der Waals surface area (Å²) in [6.45, 7) is 7.83. The number of anilines is 1. The Hall–Kier alpha value is -1.28. The number of aryl methyl sites for hydroxylation is 2. The van der Waals surface area contributed by atoms with Gasteiger partial charge < -0.3 is 10.4 Å². The Kier molecular flexibility index (Phi) is 3.72. The van der Waals surface area contributed by atoms with Crippen LogP contribution in [0.25, 0.3) is 0 Å². The van der Waals surface area contributed by atoms with E-state index in [1.54, 1.807) is 6.08 Å². The monoisotopic (exact) mass is 191 g/mol. The fourth-order valence-electron chi connectivity index (χ4n) is 1.41. The number of aliphatic hydroxyl groups is 1. The van der Waals surface area contributed by atoms with Crippen molar-refractivity contribution in [2.24, 2.45) is 0 Å². The first kappa shape index (κ1) is 10.8. The van der Waals surface area contributed by atoms with E-state index in [9.17, 15) is 0 Å². The van der Waals surface area contributed by atoms with Crippen molar-refractivity contribution < 1.29 is 5.11 Å². The molecule has 0 spiro atoms. The number of benzene rings is 1. The van der Waals surface area contributed by atoms with E-state index >= 15 is 0 Å². The SMILES string of the molecule is C=CC(CO)Nc1c(C)cccc1C. The lowest BCUT2D eigenvalue weighted by Gasteiger charge is -2.17. The molecule has 0 radical (unpaired) electrons. The number of aliphatic hydroxyl groups excluding tert-OH is 1. The van der Waals surface area contributed by atoms with Crippen molar-refractivity contribution in [3.05, 3.63) is 42.0 Å². The van der Waals surface area contributed by atoms with Crippen LogP contribution in [0.2, 0.25) is 0 Å². The van der Waals surface area contributed by atoms with Gasteiger partial charge >= 0.3 is 0 Å². The van der Waals surface area contributed by atoms with Gasteiger partial charge in [-0.3, -0.25) is 0 Å². The summed E-state index contributed by atoms with van der Waals surface area (Å²) in [5, 5.41) is 12.3. The van der Waals surface area contributed by atoms with Crippen LogP contribution < -0.4 is 5.32 Å². The van der Waals surface area contributed by atoms with Crippen LogP contribution in [-0.2, 0) is 0 Å². The molecule has 0 saturated carbocycles. The third kappa shape index (κ3) is 2.36. The standard InChI is InChI=1S/C12H17NO/c1-4-11(8-14)13-12-9(2)6-5-7-10(12)3/h4-7,11,13-14H,1,8H2,2-3H3. The van der Waals surface area contributed by atoms with Gasteiger partial charge in [0.2, 0.25) is 0 Å². The van der Waals surface area contributed by atoms with Crippen molar-refractivity contribution in [1.82, 2.24) is 0 Å². The molecule has 1 aromatic rings. The Labute approximate surface area is 85.3 Å². The minimum Gasteiger partial charge on any atom is -0.394 e. The first-order valence-corrected chi connectivity index (χ1v) is 4.75. The third-order valence-corrected chi connectivity index (χ3v) is 2.29. The molecule has 0 aliphatic heterocycles. The molecule has 1 unspecified atom stereocenters. The normalized spacial score (nSPS) is 12.2. The van der Waals surface area contributed by atoms with Crippen LogP contribution in [0.15, 0.2) is 30.9 Å². The van der Waals surface area contributed by atoms with Crippen molar-refractivity contribution in [2.45, 2.75) is 19.9 Å². The Morgan fingerprint density at radius 3 is 2.43 bits per heavy atom. The average Bonchev–Trinajstić information content (AvgIpc) is 2.18. The van der Waals surface area contributed by atoms with Crippen molar-refractivity contribution >= 4 is 5.69 Å². The summed E-state index contributed by atoms with van der Waals surface area (Å²) in [5.41, 5.74) is 3.46. The van der Waals surface area contributed by atoms with Crippen molar-refractivity contribution in [3.8, 4) is 0 Å². The smallest absolute Gasteiger partial charge is 0.0673 e. The van der Waals surface area contributed by atoms with Crippen LogP contribution in [-0.4, -0.2) is 17.8 Å². The number of hydrogen-bond acceptors (Lipinski definition) is 2. The lowest BCUT2D eigenvalue weighted by atomic mass is 10.1. The van der Waals surface area contributed by atoms with Crippen LogP contribution in [0, 0.1) is 13.8 Å². The maximum Gasteiger partial charge on any atom is 0.0673 e. The second-order valence-corrected chi connectivity index (χ2v) is 3.44. The maximum atomic E-state index is 9.04. The van der Waals surface area contributed by atoms with Crippen molar-refractivity contribution in [2.75, 3.05) is 11.9 Å². The van der Waals surface area contributed by atoms with Crippen molar-refractivity contribution in [3.63, 3.8) is 0 Å². The summed E-state index contributed by atoms with van der Waals surface area (Å²) in [7, 11) is 0. The second-order valence-electron chi connectivity index (χ2n) is 3.44. The number of rotatable bonds is 4. The summed E-state index contributed by atoms with van der Waals surface area (Å²) in [4.78, 5) is 0.